The van der Waals surface area contributed by atoms with Crippen LogP contribution in [0, 0.1) is 0 Å². The van der Waals surface area contributed by atoms with E-state index in [-0.39, 0.29) is 12.5 Å². The van der Waals surface area contributed by atoms with Crippen LogP contribution in [0.1, 0.15) is 12.6 Å². The van der Waals surface area contributed by atoms with Crippen molar-refractivity contribution < 1.29 is 9.53 Å². The highest BCUT2D eigenvalue weighted by Gasteiger charge is 2.03. The van der Waals surface area contributed by atoms with Crippen molar-refractivity contribution in [2.45, 2.75) is 6.92 Å². The molecule has 0 saturated heterocycles. The summed E-state index contributed by atoms with van der Waals surface area (Å²) >= 11 is 5.76. The first-order valence-corrected chi connectivity index (χ1v) is 6.66. The second-order valence-electron chi connectivity index (χ2n) is 4.19. The summed E-state index contributed by atoms with van der Waals surface area (Å²) < 4.78 is 5.31. The van der Waals surface area contributed by atoms with Gasteiger partial charge in [-0.25, -0.2) is 5.43 Å². The van der Waals surface area contributed by atoms with Crippen molar-refractivity contribution in [3.63, 3.8) is 0 Å². The molecule has 1 heterocycles. The lowest BCUT2D eigenvalue weighted by Crippen LogP contribution is -2.25. The number of benzene rings is 1. The van der Waals surface area contributed by atoms with E-state index in [4.69, 9.17) is 16.3 Å². The quantitative estimate of drug-likeness (QED) is 0.682. The van der Waals surface area contributed by atoms with Gasteiger partial charge >= 0.3 is 0 Å². The third kappa shape index (κ3) is 4.89. The lowest BCUT2D eigenvalue weighted by Gasteiger charge is -2.05. The van der Waals surface area contributed by atoms with Gasteiger partial charge in [0.05, 0.1) is 11.4 Å². The normalized spacial score (nSPS) is 11.0. The van der Waals surface area contributed by atoms with E-state index in [1.165, 1.54) is 0 Å². The Balaban J connectivity index is 1.83. The number of hydrazone groups is 1. The molecule has 0 atom stereocenters. The maximum atomic E-state index is 11.6. The molecule has 1 aromatic heterocycles. The molecule has 0 aliphatic carbocycles. The van der Waals surface area contributed by atoms with E-state index in [9.17, 15) is 4.79 Å². The SMILES string of the molecule is C/C(=N\NC(=O)COc1ccc(Cl)cc1)c1ccccn1. The largest absolute Gasteiger partial charge is 0.484 e. The van der Waals surface area contributed by atoms with Crippen molar-refractivity contribution in [3.8, 4) is 5.75 Å². The number of hydrogen-bond donors (Lipinski definition) is 1. The van der Waals surface area contributed by atoms with Crippen LogP contribution in [-0.4, -0.2) is 23.2 Å². The topological polar surface area (TPSA) is 63.6 Å². The number of aromatic nitrogens is 1. The monoisotopic (exact) mass is 303 g/mol. The minimum atomic E-state index is -0.347. The summed E-state index contributed by atoms with van der Waals surface area (Å²) in [5.74, 6) is 0.222. The number of nitrogens with one attached hydrogen (secondary N) is 1. The van der Waals surface area contributed by atoms with E-state index >= 15 is 0 Å². The van der Waals surface area contributed by atoms with Crippen molar-refractivity contribution in [2.75, 3.05) is 6.61 Å². The van der Waals surface area contributed by atoms with Gasteiger partial charge in [0.25, 0.3) is 5.91 Å². The zero-order valence-corrected chi connectivity index (χ0v) is 12.2. The van der Waals surface area contributed by atoms with Gasteiger partial charge in [-0.2, -0.15) is 5.10 Å². The van der Waals surface area contributed by atoms with Crippen LogP contribution >= 0.6 is 11.6 Å². The predicted molar refractivity (Wildman–Crippen MR) is 81.5 cm³/mol. The molecule has 108 valence electrons. The Bertz CT molecular complexity index is 627. The standard InChI is InChI=1S/C15H14ClN3O2/c1-11(14-4-2-3-9-17-14)18-19-15(20)10-21-13-7-5-12(16)6-8-13/h2-9H,10H2,1H3,(H,19,20)/b18-11+. The highest BCUT2D eigenvalue weighted by Crippen LogP contribution is 2.15. The summed E-state index contributed by atoms with van der Waals surface area (Å²) in [6, 6.07) is 12.3. The molecule has 2 aromatic rings. The first-order valence-electron chi connectivity index (χ1n) is 6.28. The summed E-state index contributed by atoms with van der Waals surface area (Å²) in [7, 11) is 0. The van der Waals surface area contributed by atoms with Crippen molar-refractivity contribution in [3.05, 3.63) is 59.4 Å². The summed E-state index contributed by atoms with van der Waals surface area (Å²) in [6.07, 6.45) is 1.67. The van der Waals surface area contributed by atoms with Gasteiger partial charge in [0.1, 0.15) is 5.75 Å². The molecular formula is C15H14ClN3O2. The molecule has 5 nitrogen and oxygen atoms in total. The number of carbonyl (C=O) groups excluding carboxylic acids is 1. The zero-order valence-electron chi connectivity index (χ0n) is 11.4. The Morgan fingerprint density at radius 1 is 1.29 bits per heavy atom. The molecule has 2 rings (SSSR count). The maximum absolute atomic E-state index is 11.6. The van der Waals surface area contributed by atoms with Crippen LogP contribution in [0.5, 0.6) is 5.75 Å². The van der Waals surface area contributed by atoms with E-state index < -0.39 is 0 Å². The molecule has 0 bridgehead atoms. The molecule has 6 heteroatoms. The van der Waals surface area contributed by atoms with Crippen molar-refractivity contribution in [2.24, 2.45) is 5.10 Å². The predicted octanol–water partition coefficient (Wildman–Crippen LogP) is 2.65. The second kappa shape index (κ2) is 7.40. The number of amides is 1. The molecule has 0 radical (unpaired) electrons. The van der Waals surface area contributed by atoms with Crippen molar-refractivity contribution in [1.82, 2.24) is 10.4 Å². The number of rotatable bonds is 5. The van der Waals surface area contributed by atoms with Crippen LogP contribution in [0.2, 0.25) is 5.02 Å². The first-order chi connectivity index (χ1) is 10.1. The molecule has 1 N–H and O–H groups in total. The van der Waals surface area contributed by atoms with Gasteiger partial charge in [0, 0.05) is 11.2 Å². The Morgan fingerprint density at radius 2 is 2.05 bits per heavy atom. The van der Waals surface area contributed by atoms with Crippen LogP contribution in [0.3, 0.4) is 0 Å². The number of hydrogen-bond acceptors (Lipinski definition) is 4. The van der Waals surface area contributed by atoms with Gasteiger partial charge in [-0.05, 0) is 43.3 Å². The summed E-state index contributed by atoms with van der Waals surface area (Å²) in [6.45, 7) is 1.64. The molecule has 0 unspecified atom stereocenters. The third-order valence-electron chi connectivity index (χ3n) is 2.57. The van der Waals surface area contributed by atoms with E-state index in [2.05, 4.69) is 15.5 Å². The molecular weight excluding hydrogens is 290 g/mol. The highest BCUT2D eigenvalue weighted by molar-refractivity contribution is 6.30. The average molecular weight is 304 g/mol. The van der Waals surface area contributed by atoms with Crippen molar-refractivity contribution in [1.29, 1.82) is 0 Å². The summed E-state index contributed by atoms with van der Waals surface area (Å²) in [4.78, 5) is 15.8. The van der Waals surface area contributed by atoms with Crippen LogP contribution in [0.25, 0.3) is 0 Å². The smallest absolute Gasteiger partial charge is 0.277 e. The molecule has 21 heavy (non-hydrogen) atoms. The lowest BCUT2D eigenvalue weighted by atomic mass is 10.3. The van der Waals surface area contributed by atoms with Crippen LogP contribution in [0.15, 0.2) is 53.8 Å². The molecule has 0 aliphatic heterocycles. The Morgan fingerprint density at radius 3 is 2.71 bits per heavy atom. The Kier molecular flexibility index (Phi) is 5.29. The molecule has 0 aliphatic rings. The minimum Gasteiger partial charge on any atom is -0.484 e. The molecule has 1 amide bonds. The van der Waals surface area contributed by atoms with E-state index in [0.29, 0.717) is 22.2 Å². The van der Waals surface area contributed by atoms with Crippen LogP contribution < -0.4 is 10.2 Å². The number of pyridine rings is 1. The Labute approximate surface area is 127 Å². The van der Waals surface area contributed by atoms with Crippen molar-refractivity contribution >= 4 is 23.2 Å². The first kappa shape index (κ1) is 15.0. The van der Waals surface area contributed by atoms with Crippen LogP contribution in [-0.2, 0) is 4.79 Å². The van der Waals surface area contributed by atoms with Gasteiger partial charge in [0.15, 0.2) is 6.61 Å². The fraction of sp³-hybridized carbons (Fsp3) is 0.133. The maximum Gasteiger partial charge on any atom is 0.277 e. The summed E-state index contributed by atoms with van der Waals surface area (Å²) in [5.41, 5.74) is 3.75. The summed E-state index contributed by atoms with van der Waals surface area (Å²) in [5, 5.41) is 4.59. The number of nitrogens with zero attached hydrogens (tertiary/aromatic N) is 2. The Hall–Kier alpha value is -2.40. The van der Waals surface area contributed by atoms with Crippen LogP contribution in [0.4, 0.5) is 0 Å². The molecule has 1 aromatic carbocycles. The average Bonchev–Trinajstić information content (AvgIpc) is 2.53. The fourth-order valence-corrected chi connectivity index (χ4v) is 1.62. The highest BCUT2D eigenvalue weighted by atomic mass is 35.5. The van der Waals surface area contributed by atoms with E-state index in [0.717, 1.165) is 0 Å². The lowest BCUT2D eigenvalue weighted by molar-refractivity contribution is -0.123. The molecule has 0 spiro atoms. The van der Waals surface area contributed by atoms with E-state index in [1.807, 2.05) is 18.2 Å². The third-order valence-corrected chi connectivity index (χ3v) is 2.82. The number of halogens is 1. The van der Waals surface area contributed by atoms with Gasteiger partial charge in [-0.15, -0.1) is 0 Å². The minimum absolute atomic E-state index is 0.124. The fourth-order valence-electron chi connectivity index (χ4n) is 1.49. The number of carbonyl (C=O) groups is 1. The zero-order chi connectivity index (χ0) is 15.1. The second-order valence-corrected chi connectivity index (χ2v) is 4.63. The van der Waals surface area contributed by atoms with E-state index in [1.54, 1.807) is 37.4 Å². The van der Waals surface area contributed by atoms with Gasteiger partial charge in [-0.3, -0.25) is 9.78 Å². The molecule has 0 fully saturated rings. The van der Waals surface area contributed by atoms with Gasteiger partial charge < -0.3 is 4.74 Å². The van der Waals surface area contributed by atoms with Gasteiger partial charge in [-0.1, -0.05) is 17.7 Å². The number of ether oxygens (including phenoxy) is 1. The molecule has 0 saturated carbocycles. The van der Waals surface area contributed by atoms with Gasteiger partial charge in [0.2, 0.25) is 0 Å².